The first-order valence-electron chi connectivity index (χ1n) is 10.3. The third-order valence-electron chi connectivity index (χ3n) is 6.08. The average molecular weight is 348 g/mol. The minimum absolute atomic E-state index is 0.700. The highest BCUT2D eigenvalue weighted by molar-refractivity contribution is 4.94. The van der Waals surface area contributed by atoms with Crippen molar-refractivity contribution in [1.82, 2.24) is 24.3 Å². The monoisotopic (exact) mass is 347 g/mol. The SMILES string of the molecule is CC(C)N1CCN(CCCN2CCC[C@H](Cc3nccn3C)C2)CC1. The van der Waals surface area contributed by atoms with Crippen LogP contribution < -0.4 is 0 Å². The van der Waals surface area contributed by atoms with E-state index >= 15 is 0 Å². The summed E-state index contributed by atoms with van der Waals surface area (Å²) in [5.41, 5.74) is 0. The third-order valence-corrected chi connectivity index (χ3v) is 6.08. The van der Waals surface area contributed by atoms with Crippen LogP contribution in [-0.4, -0.2) is 82.7 Å². The van der Waals surface area contributed by atoms with E-state index in [1.807, 2.05) is 6.20 Å². The van der Waals surface area contributed by atoms with Crippen molar-refractivity contribution in [2.75, 3.05) is 52.4 Å². The summed E-state index contributed by atoms with van der Waals surface area (Å²) in [6.45, 7) is 14.7. The minimum Gasteiger partial charge on any atom is -0.338 e. The molecule has 0 aliphatic carbocycles. The summed E-state index contributed by atoms with van der Waals surface area (Å²) in [5, 5.41) is 0. The van der Waals surface area contributed by atoms with Gasteiger partial charge >= 0.3 is 0 Å². The molecule has 0 N–H and O–H groups in total. The molecule has 0 radical (unpaired) electrons. The zero-order valence-corrected chi connectivity index (χ0v) is 16.5. The van der Waals surface area contributed by atoms with Gasteiger partial charge in [-0.05, 0) is 58.7 Å². The van der Waals surface area contributed by atoms with Gasteiger partial charge in [0.2, 0.25) is 0 Å². The van der Waals surface area contributed by atoms with Gasteiger partial charge in [-0.15, -0.1) is 0 Å². The molecule has 5 heteroatoms. The van der Waals surface area contributed by atoms with Gasteiger partial charge in [0.25, 0.3) is 0 Å². The van der Waals surface area contributed by atoms with E-state index < -0.39 is 0 Å². The lowest BCUT2D eigenvalue weighted by molar-refractivity contribution is 0.101. The zero-order chi connectivity index (χ0) is 17.6. The maximum absolute atomic E-state index is 4.51. The molecule has 142 valence electrons. The van der Waals surface area contributed by atoms with Gasteiger partial charge in [-0.25, -0.2) is 4.98 Å². The van der Waals surface area contributed by atoms with Crippen LogP contribution in [0, 0.1) is 5.92 Å². The van der Waals surface area contributed by atoms with Crippen LogP contribution in [0.5, 0.6) is 0 Å². The average Bonchev–Trinajstić information content (AvgIpc) is 3.00. The van der Waals surface area contributed by atoms with Crippen molar-refractivity contribution in [1.29, 1.82) is 0 Å². The number of aromatic nitrogens is 2. The van der Waals surface area contributed by atoms with Crippen LogP contribution in [0.3, 0.4) is 0 Å². The Morgan fingerprint density at radius 1 is 1.08 bits per heavy atom. The van der Waals surface area contributed by atoms with Gasteiger partial charge in [0.15, 0.2) is 0 Å². The fourth-order valence-corrected chi connectivity index (χ4v) is 4.39. The highest BCUT2D eigenvalue weighted by atomic mass is 15.3. The molecule has 2 aliphatic rings. The van der Waals surface area contributed by atoms with E-state index in [9.17, 15) is 0 Å². The molecule has 0 unspecified atom stereocenters. The first kappa shape index (κ1) is 18.9. The molecule has 0 saturated carbocycles. The number of hydrogen-bond donors (Lipinski definition) is 0. The van der Waals surface area contributed by atoms with Gasteiger partial charge in [0.1, 0.15) is 5.82 Å². The maximum Gasteiger partial charge on any atom is 0.108 e. The Kier molecular flexibility index (Phi) is 6.91. The highest BCUT2D eigenvalue weighted by Crippen LogP contribution is 2.20. The summed E-state index contributed by atoms with van der Waals surface area (Å²) in [6.07, 6.45) is 9.15. The summed E-state index contributed by atoms with van der Waals surface area (Å²) in [6, 6.07) is 0.700. The lowest BCUT2D eigenvalue weighted by atomic mass is 9.94. The molecule has 3 heterocycles. The number of imidazole rings is 1. The number of nitrogens with zero attached hydrogens (tertiary/aromatic N) is 5. The van der Waals surface area contributed by atoms with Crippen LogP contribution in [0.2, 0.25) is 0 Å². The third kappa shape index (κ3) is 5.53. The van der Waals surface area contributed by atoms with Gasteiger partial charge < -0.3 is 14.4 Å². The fourth-order valence-electron chi connectivity index (χ4n) is 4.39. The Balaban J connectivity index is 1.34. The molecule has 1 aromatic heterocycles. The number of aryl methyl sites for hydroxylation is 1. The fraction of sp³-hybridized carbons (Fsp3) is 0.850. The predicted octanol–water partition coefficient (Wildman–Crippen LogP) is 2.09. The Hall–Kier alpha value is -0.910. The standard InChI is InChI=1S/C20H37N5/c1-18(2)25-14-12-23(13-15-25)9-5-10-24-8-4-6-19(17-24)16-20-21-7-11-22(20)3/h7,11,18-19H,4-6,8-10,12-17H2,1-3H3/t19-/m1/s1. The van der Waals surface area contributed by atoms with Crippen LogP contribution in [0.15, 0.2) is 12.4 Å². The first-order valence-corrected chi connectivity index (χ1v) is 10.3. The second kappa shape index (κ2) is 9.15. The topological polar surface area (TPSA) is 27.5 Å². The van der Waals surface area contributed by atoms with E-state index in [0.717, 1.165) is 12.3 Å². The van der Waals surface area contributed by atoms with Gasteiger partial charge in [-0.2, -0.15) is 0 Å². The second-order valence-electron chi connectivity index (χ2n) is 8.29. The highest BCUT2D eigenvalue weighted by Gasteiger charge is 2.22. The van der Waals surface area contributed by atoms with E-state index in [2.05, 4.69) is 51.3 Å². The summed E-state index contributed by atoms with van der Waals surface area (Å²) in [7, 11) is 2.11. The molecule has 2 fully saturated rings. The van der Waals surface area contributed by atoms with Crippen LogP contribution in [-0.2, 0) is 13.5 Å². The lowest BCUT2D eigenvalue weighted by Crippen LogP contribution is -2.49. The van der Waals surface area contributed by atoms with E-state index in [1.54, 1.807) is 0 Å². The molecule has 0 spiro atoms. The smallest absolute Gasteiger partial charge is 0.108 e. The Bertz CT molecular complexity index is 504. The molecule has 2 aliphatic heterocycles. The molecule has 25 heavy (non-hydrogen) atoms. The van der Waals surface area contributed by atoms with Crippen molar-refractivity contribution in [2.24, 2.45) is 13.0 Å². The molecule has 2 saturated heterocycles. The molecule has 0 amide bonds. The van der Waals surface area contributed by atoms with Gasteiger partial charge in [-0.3, -0.25) is 4.90 Å². The first-order chi connectivity index (χ1) is 12.1. The summed E-state index contributed by atoms with van der Waals surface area (Å²) in [4.78, 5) is 12.5. The predicted molar refractivity (Wildman–Crippen MR) is 104 cm³/mol. The van der Waals surface area contributed by atoms with Crippen molar-refractivity contribution in [3.05, 3.63) is 18.2 Å². The molecule has 1 aromatic rings. The minimum atomic E-state index is 0.700. The van der Waals surface area contributed by atoms with E-state index in [1.165, 1.54) is 77.4 Å². The largest absolute Gasteiger partial charge is 0.338 e. The molecule has 0 aromatic carbocycles. The molecule has 3 rings (SSSR count). The summed E-state index contributed by atoms with van der Waals surface area (Å²) >= 11 is 0. The molecule has 5 nitrogen and oxygen atoms in total. The second-order valence-corrected chi connectivity index (χ2v) is 8.29. The van der Waals surface area contributed by atoms with Crippen LogP contribution >= 0.6 is 0 Å². The van der Waals surface area contributed by atoms with Crippen LogP contribution in [0.4, 0.5) is 0 Å². The van der Waals surface area contributed by atoms with E-state index in [4.69, 9.17) is 0 Å². The lowest BCUT2D eigenvalue weighted by Gasteiger charge is -2.37. The van der Waals surface area contributed by atoms with Crippen molar-refractivity contribution in [2.45, 2.75) is 45.6 Å². The quantitative estimate of drug-likeness (QED) is 0.755. The Labute approximate surface area is 154 Å². The molecular formula is C20H37N5. The Morgan fingerprint density at radius 3 is 2.52 bits per heavy atom. The van der Waals surface area contributed by atoms with E-state index in [0.29, 0.717) is 6.04 Å². The summed E-state index contributed by atoms with van der Waals surface area (Å²) < 4.78 is 2.18. The maximum atomic E-state index is 4.51. The number of piperazine rings is 1. The molecule has 1 atom stereocenters. The normalized spacial score (nSPS) is 24.2. The molecular weight excluding hydrogens is 310 g/mol. The zero-order valence-electron chi connectivity index (χ0n) is 16.5. The van der Waals surface area contributed by atoms with Crippen molar-refractivity contribution >= 4 is 0 Å². The van der Waals surface area contributed by atoms with Crippen LogP contribution in [0.25, 0.3) is 0 Å². The van der Waals surface area contributed by atoms with Crippen molar-refractivity contribution in [3.63, 3.8) is 0 Å². The van der Waals surface area contributed by atoms with Gasteiger partial charge in [-0.1, -0.05) is 0 Å². The number of hydrogen-bond acceptors (Lipinski definition) is 4. The van der Waals surface area contributed by atoms with Crippen molar-refractivity contribution in [3.8, 4) is 0 Å². The van der Waals surface area contributed by atoms with Gasteiger partial charge in [0.05, 0.1) is 0 Å². The van der Waals surface area contributed by atoms with Crippen molar-refractivity contribution < 1.29 is 0 Å². The van der Waals surface area contributed by atoms with Gasteiger partial charge in [0, 0.05) is 64.6 Å². The van der Waals surface area contributed by atoms with Crippen LogP contribution in [0.1, 0.15) is 38.9 Å². The number of piperidine rings is 1. The number of rotatable bonds is 7. The summed E-state index contributed by atoms with van der Waals surface area (Å²) in [5.74, 6) is 2.03. The van der Waals surface area contributed by atoms with E-state index in [-0.39, 0.29) is 0 Å². The molecule has 0 bridgehead atoms. The Morgan fingerprint density at radius 2 is 1.84 bits per heavy atom. The number of likely N-dealkylation sites (tertiary alicyclic amines) is 1.